The minimum Gasteiger partial charge on any atom is -0.423 e. The molecule has 0 aliphatic rings. The molecule has 0 aliphatic heterocycles. The van der Waals surface area contributed by atoms with Gasteiger partial charge in [0, 0.05) is 0 Å². The van der Waals surface area contributed by atoms with Crippen LogP contribution in [0.2, 0.25) is 0 Å². The lowest BCUT2D eigenvalue weighted by Crippen LogP contribution is -2.12. The van der Waals surface area contributed by atoms with E-state index in [4.69, 9.17) is 9.47 Å². The monoisotopic (exact) mass is 320 g/mol. The highest BCUT2D eigenvalue weighted by Crippen LogP contribution is 2.15. The van der Waals surface area contributed by atoms with Gasteiger partial charge in [0.05, 0.1) is 11.1 Å². The van der Waals surface area contributed by atoms with Crippen LogP contribution in [0.25, 0.3) is 0 Å². The van der Waals surface area contributed by atoms with E-state index in [0.29, 0.717) is 11.5 Å². The highest BCUT2D eigenvalue weighted by atomic mass is 16.5. The average Bonchev–Trinajstić information content (AvgIpc) is 2.63. The molecule has 0 unspecified atom stereocenters. The van der Waals surface area contributed by atoms with Crippen LogP contribution in [0.1, 0.15) is 23.6 Å². The number of hydrogen-bond acceptors (Lipinski definition) is 4. The van der Waals surface area contributed by atoms with Crippen LogP contribution < -0.4 is 9.47 Å². The number of benzene rings is 3. The van der Waals surface area contributed by atoms with Gasteiger partial charge in [-0.1, -0.05) is 42.5 Å². The fraction of sp³-hybridized carbons (Fsp3) is 0. The zero-order chi connectivity index (χ0) is 16.8. The summed E-state index contributed by atoms with van der Waals surface area (Å²) in [5.74, 6) is -0.175. The van der Waals surface area contributed by atoms with Gasteiger partial charge < -0.3 is 9.47 Å². The lowest BCUT2D eigenvalue weighted by molar-refractivity contribution is 0.0734. The molecule has 0 spiro atoms. The minimum absolute atomic E-state index is 0. The highest BCUT2D eigenvalue weighted by molar-refractivity contribution is 5.96. The Morgan fingerprint density at radius 1 is 0.583 bits per heavy atom. The summed E-state index contributed by atoms with van der Waals surface area (Å²) >= 11 is 0. The van der Waals surface area contributed by atoms with Crippen molar-refractivity contribution in [1.82, 2.24) is 0 Å². The van der Waals surface area contributed by atoms with Crippen LogP contribution in [0, 0.1) is 0 Å². The van der Waals surface area contributed by atoms with Gasteiger partial charge >= 0.3 is 14.8 Å². The van der Waals surface area contributed by atoms with Crippen molar-refractivity contribution in [3.05, 3.63) is 96.1 Å². The van der Waals surface area contributed by atoms with Crippen LogP contribution in [0.4, 0.5) is 0 Å². The third-order valence-corrected chi connectivity index (χ3v) is 3.24. The number of carbonyl (C=O) groups is 2. The molecular weight excluding hydrogens is 304 g/mol. The van der Waals surface area contributed by atoms with E-state index < -0.39 is 11.9 Å². The van der Waals surface area contributed by atoms with Gasteiger partial charge in [0.1, 0.15) is 11.5 Å². The van der Waals surface area contributed by atoms with Crippen molar-refractivity contribution in [1.29, 1.82) is 0 Å². The molecule has 3 rings (SSSR count). The topological polar surface area (TPSA) is 52.6 Å². The van der Waals surface area contributed by atoms with E-state index in [2.05, 4.69) is 0 Å². The largest absolute Gasteiger partial charge is 1.00 e. The quantitative estimate of drug-likeness (QED) is 0.530. The van der Waals surface area contributed by atoms with Crippen molar-refractivity contribution in [3.8, 4) is 11.5 Å². The Labute approximate surface area is 142 Å². The number of rotatable bonds is 4. The van der Waals surface area contributed by atoms with Crippen LogP contribution in [0.15, 0.2) is 84.9 Å². The Bertz CT molecular complexity index is 783. The Morgan fingerprint density at radius 3 is 1.42 bits per heavy atom. The maximum absolute atomic E-state index is 12.2. The summed E-state index contributed by atoms with van der Waals surface area (Å²) < 4.78 is 10.5. The van der Waals surface area contributed by atoms with E-state index in [-0.39, 0.29) is 14.0 Å². The van der Waals surface area contributed by atoms with E-state index in [1.165, 1.54) is 6.07 Å². The standard InChI is InChI=1S/C20H14O4/c21-19(23-17-10-3-1-4-11-17)15-8-7-9-16(14-15)20(22)24-18-12-5-2-6-13-18/h1-14H/p+2. The highest BCUT2D eigenvalue weighted by Gasteiger charge is 2.13. The second-order valence-corrected chi connectivity index (χ2v) is 4.99. The Balaban J connectivity index is 0.00000169. The lowest BCUT2D eigenvalue weighted by Gasteiger charge is -2.07. The van der Waals surface area contributed by atoms with Crippen LogP contribution in [-0.2, 0) is 0 Å². The Morgan fingerprint density at radius 2 is 1.00 bits per heavy atom. The summed E-state index contributed by atoms with van der Waals surface area (Å²) in [6.07, 6.45) is 0. The molecule has 118 valence electrons. The van der Waals surface area contributed by atoms with Crippen molar-refractivity contribution < 1.29 is 21.9 Å². The average molecular weight is 320 g/mol. The van der Waals surface area contributed by atoms with Crippen LogP contribution in [-0.4, -0.2) is 11.9 Å². The summed E-state index contributed by atoms with van der Waals surface area (Å²) in [4.78, 5) is 24.3. The molecule has 4 nitrogen and oxygen atoms in total. The predicted molar refractivity (Wildman–Crippen MR) is 91.5 cm³/mol. The first kappa shape index (κ1) is 15.5. The maximum Gasteiger partial charge on any atom is 1.00 e. The van der Waals surface area contributed by atoms with Crippen molar-refractivity contribution in [2.75, 3.05) is 0 Å². The minimum atomic E-state index is -0.532. The second kappa shape index (κ2) is 7.24. The van der Waals surface area contributed by atoms with Crippen molar-refractivity contribution in [3.63, 3.8) is 0 Å². The fourth-order valence-electron chi connectivity index (χ4n) is 2.08. The molecular formula is C20H16O4+2. The van der Waals surface area contributed by atoms with Crippen LogP contribution in [0.5, 0.6) is 11.5 Å². The third kappa shape index (κ3) is 3.87. The molecule has 0 saturated heterocycles. The Hall–Kier alpha value is -3.40. The van der Waals surface area contributed by atoms with Gasteiger partial charge in [-0.3, -0.25) is 0 Å². The molecule has 0 atom stereocenters. The first-order valence-electron chi connectivity index (χ1n) is 7.37. The zero-order valence-electron chi connectivity index (χ0n) is 14.7. The maximum atomic E-state index is 12.2. The van der Waals surface area contributed by atoms with Crippen molar-refractivity contribution >= 4 is 11.9 Å². The van der Waals surface area contributed by atoms with Gasteiger partial charge in [-0.05, 0) is 42.5 Å². The van der Waals surface area contributed by atoms with E-state index >= 15 is 0 Å². The van der Waals surface area contributed by atoms with Crippen LogP contribution >= 0.6 is 0 Å². The number of para-hydroxylation sites is 2. The molecule has 3 aromatic rings. The molecule has 0 bridgehead atoms. The first-order chi connectivity index (χ1) is 11.7. The first-order valence-corrected chi connectivity index (χ1v) is 7.37. The second-order valence-electron chi connectivity index (χ2n) is 4.99. The van der Waals surface area contributed by atoms with Gasteiger partial charge in [-0.25, -0.2) is 9.59 Å². The van der Waals surface area contributed by atoms with E-state index in [9.17, 15) is 9.59 Å². The number of hydrogen-bond donors (Lipinski definition) is 0. The third-order valence-electron chi connectivity index (χ3n) is 3.24. The molecule has 4 heteroatoms. The van der Waals surface area contributed by atoms with Crippen molar-refractivity contribution in [2.45, 2.75) is 0 Å². The smallest absolute Gasteiger partial charge is 0.423 e. The fourth-order valence-corrected chi connectivity index (χ4v) is 2.08. The molecule has 24 heavy (non-hydrogen) atoms. The Kier molecular flexibility index (Phi) is 4.68. The number of carbonyl (C=O) groups excluding carboxylic acids is 2. The molecule has 0 N–H and O–H groups in total. The summed E-state index contributed by atoms with van der Waals surface area (Å²) in [6.45, 7) is 0. The van der Waals surface area contributed by atoms with Gasteiger partial charge in [0.15, 0.2) is 0 Å². The predicted octanol–water partition coefficient (Wildman–Crippen LogP) is 4.35. The molecule has 0 aromatic heterocycles. The molecule has 0 radical (unpaired) electrons. The summed E-state index contributed by atoms with van der Waals surface area (Å²) in [5.41, 5.74) is 0.558. The SMILES string of the molecule is O=C(Oc1ccccc1)c1cccc(C(=O)Oc2ccccc2)c1.[H+].[H+]. The van der Waals surface area contributed by atoms with Gasteiger partial charge in [0.25, 0.3) is 0 Å². The van der Waals surface area contributed by atoms with Gasteiger partial charge in [-0.15, -0.1) is 0 Å². The molecule has 3 aromatic carbocycles. The number of esters is 2. The van der Waals surface area contributed by atoms with Crippen LogP contribution in [0.3, 0.4) is 0 Å². The van der Waals surface area contributed by atoms with E-state index in [1.54, 1.807) is 66.7 Å². The number of ether oxygens (including phenoxy) is 2. The summed E-state index contributed by atoms with van der Waals surface area (Å²) in [6, 6.07) is 23.7. The molecule has 0 saturated carbocycles. The van der Waals surface area contributed by atoms with Gasteiger partial charge in [0.2, 0.25) is 0 Å². The molecule has 0 aliphatic carbocycles. The molecule has 0 amide bonds. The van der Waals surface area contributed by atoms with E-state index in [0.717, 1.165) is 0 Å². The van der Waals surface area contributed by atoms with E-state index in [1.807, 2.05) is 12.1 Å². The summed E-state index contributed by atoms with van der Waals surface area (Å²) in [7, 11) is 0. The summed E-state index contributed by atoms with van der Waals surface area (Å²) in [5, 5.41) is 0. The van der Waals surface area contributed by atoms with Gasteiger partial charge in [-0.2, -0.15) is 0 Å². The molecule has 0 fully saturated rings. The molecule has 0 heterocycles. The lowest BCUT2D eigenvalue weighted by atomic mass is 10.1. The zero-order valence-corrected chi connectivity index (χ0v) is 12.7. The van der Waals surface area contributed by atoms with Crippen molar-refractivity contribution in [2.24, 2.45) is 0 Å². The normalized spacial score (nSPS) is 10.0.